The third kappa shape index (κ3) is 4.84. The van der Waals surface area contributed by atoms with Crippen LogP contribution in [0.15, 0.2) is 52.2 Å². The van der Waals surface area contributed by atoms with Gasteiger partial charge in [0, 0.05) is 6.04 Å². The molecule has 1 N–H and O–H groups in total. The van der Waals surface area contributed by atoms with Crippen LogP contribution in [0, 0.1) is 12.8 Å². The molecule has 7 heteroatoms. The second-order valence-corrected chi connectivity index (χ2v) is 8.10. The van der Waals surface area contributed by atoms with Crippen LogP contribution in [0.5, 0.6) is 0 Å². The van der Waals surface area contributed by atoms with Crippen molar-refractivity contribution in [3.05, 3.63) is 54.0 Å². The van der Waals surface area contributed by atoms with Crippen LogP contribution in [0.1, 0.15) is 32.1 Å². The molecular weight excluding hydrogens is 372 g/mol. The lowest BCUT2D eigenvalue weighted by Gasteiger charge is -2.17. The molecule has 3 aromatic rings. The summed E-state index contributed by atoms with van der Waals surface area (Å²) in [7, 11) is 0. The van der Waals surface area contributed by atoms with Crippen LogP contribution in [0.4, 0.5) is 0 Å². The summed E-state index contributed by atoms with van der Waals surface area (Å²) >= 11 is 1.40. The molecule has 148 valence electrons. The first-order valence-corrected chi connectivity index (χ1v) is 10.4. The number of carbonyl (C=O) groups excluding carboxylic acids is 1. The molecule has 1 amide bonds. The molecule has 1 atom stereocenters. The maximum absolute atomic E-state index is 12.3. The number of thioether (sulfide) groups is 1. The molecular formula is C21H26N4O2S. The third-order valence-electron chi connectivity index (χ3n) is 4.72. The summed E-state index contributed by atoms with van der Waals surface area (Å²) in [5.41, 5.74) is 2.05. The summed E-state index contributed by atoms with van der Waals surface area (Å²) in [5.74, 6) is 2.23. The van der Waals surface area contributed by atoms with Crippen LogP contribution in [0.3, 0.4) is 0 Å². The highest BCUT2D eigenvalue weighted by molar-refractivity contribution is 7.99. The second-order valence-electron chi connectivity index (χ2n) is 7.16. The fourth-order valence-corrected chi connectivity index (χ4v) is 3.46. The molecule has 3 rings (SSSR count). The Hall–Kier alpha value is -2.54. The lowest BCUT2D eigenvalue weighted by molar-refractivity contribution is -0.119. The number of amides is 1. The van der Waals surface area contributed by atoms with E-state index in [2.05, 4.69) is 41.5 Å². The number of nitrogens with zero attached hydrogens (tertiary/aromatic N) is 3. The Morgan fingerprint density at radius 2 is 1.93 bits per heavy atom. The number of furan rings is 1. The van der Waals surface area contributed by atoms with Crippen molar-refractivity contribution in [1.82, 2.24) is 20.1 Å². The molecule has 0 aliphatic heterocycles. The first-order valence-electron chi connectivity index (χ1n) is 9.39. The Morgan fingerprint density at radius 3 is 2.57 bits per heavy atom. The number of nitrogens with one attached hydrogen (secondary N) is 1. The zero-order valence-corrected chi connectivity index (χ0v) is 17.5. The van der Waals surface area contributed by atoms with Crippen molar-refractivity contribution in [1.29, 1.82) is 0 Å². The molecule has 0 aliphatic rings. The van der Waals surface area contributed by atoms with E-state index in [-0.39, 0.29) is 11.9 Å². The van der Waals surface area contributed by atoms with Crippen LogP contribution in [-0.4, -0.2) is 32.5 Å². The van der Waals surface area contributed by atoms with Gasteiger partial charge in [0.25, 0.3) is 0 Å². The molecule has 0 saturated heterocycles. The molecule has 0 bridgehead atoms. The molecule has 0 saturated carbocycles. The van der Waals surface area contributed by atoms with Crippen LogP contribution in [-0.2, 0) is 11.3 Å². The predicted octanol–water partition coefficient (Wildman–Crippen LogP) is 4.15. The summed E-state index contributed by atoms with van der Waals surface area (Å²) in [5, 5.41) is 12.5. The van der Waals surface area contributed by atoms with Crippen molar-refractivity contribution in [2.75, 3.05) is 5.75 Å². The SMILES string of the molecule is Cc1occc1-c1nnc(SCC(=O)NC(C)C(C)C)n1Cc1ccccc1. The average Bonchev–Trinajstić information content (AvgIpc) is 3.26. The number of aromatic nitrogens is 3. The van der Waals surface area contributed by atoms with Gasteiger partial charge in [-0.2, -0.15) is 0 Å². The van der Waals surface area contributed by atoms with Gasteiger partial charge < -0.3 is 9.73 Å². The summed E-state index contributed by atoms with van der Waals surface area (Å²) in [4.78, 5) is 12.3. The molecule has 2 aromatic heterocycles. The van der Waals surface area contributed by atoms with Crippen molar-refractivity contribution in [3.63, 3.8) is 0 Å². The summed E-state index contributed by atoms with van der Waals surface area (Å²) < 4.78 is 7.48. The van der Waals surface area contributed by atoms with Gasteiger partial charge in [0.2, 0.25) is 5.91 Å². The normalized spacial score (nSPS) is 12.3. The fourth-order valence-electron chi connectivity index (χ4n) is 2.71. The number of hydrogen-bond donors (Lipinski definition) is 1. The highest BCUT2D eigenvalue weighted by Gasteiger charge is 2.19. The first-order chi connectivity index (χ1) is 13.5. The van der Waals surface area contributed by atoms with Crippen LogP contribution in [0.25, 0.3) is 11.4 Å². The minimum absolute atomic E-state index is 0.00139. The standard InChI is InChI=1S/C21H26N4O2S/c1-14(2)15(3)22-19(26)13-28-21-24-23-20(18-10-11-27-16(18)4)25(21)12-17-8-6-5-7-9-17/h5-11,14-15H,12-13H2,1-4H3,(H,22,26). The topological polar surface area (TPSA) is 72.9 Å². The van der Waals surface area contributed by atoms with E-state index >= 15 is 0 Å². The van der Waals surface area contributed by atoms with Crippen LogP contribution in [0.2, 0.25) is 0 Å². The number of carbonyl (C=O) groups is 1. The Balaban J connectivity index is 1.81. The molecule has 2 heterocycles. The van der Waals surface area contributed by atoms with E-state index in [0.29, 0.717) is 23.4 Å². The van der Waals surface area contributed by atoms with Gasteiger partial charge in [-0.1, -0.05) is 55.9 Å². The minimum Gasteiger partial charge on any atom is -0.469 e. The average molecular weight is 399 g/mol. The largest absolute Gasteiger partial charge is 0.469 e. The Kier molecular flexibility index (Phi) is 6.57. The van der Waals surface area contributed by atoms with Crippen molar-refractivity contribution in [2.45, 2.75) is 45.4 Å². The monoisotopic (exact) mass is 398 g/mol. The molecule has 1 unspecified atom stereocenters. The highest BCUT2D eigenvalue weighted by atomic mass is 32.2. The molecule has 28 heavy (non-hydrogen) atoms. The van der Waals surface area contributed by atoms with E-state index in [1.54, 1.807) is 6.26 Å². The zero-order chi connectivity index (χ0) is 20.1. The van der Waals surface area contributed by atoms with Gasteiger partial charge in [-0.25, -0.2) is 0 Å². The lowest BCUT2D eigenvalue weighted by atomic mass is 10.1. The van der Waals surface area contributed by atoms with E-state index in [1.807, 2.05) is 42.7 Å². The van der Waals surface area contributed by atoms with Crippen molar-refractivity contribution in [3.8, 4) is 11.4 Å². The Labute approximate surface area is 169 Å². The summed E-state index contributed by atoms with van der Waals surface area (Å²) in [6, 6.07) is 12.2. The van der Waals surface area contributed by atoms with Crippen molar-refractivity contribution >= 4 is 17.7 Å². The van der Waals surface area contributed by atoms with Gasteiger partial charge in [0.15, 0.2) is 11.0 Å². The molecule has 0 fully saturated rings. The number of benzene rings is 1. The van der Waals surface area contributed by atoms with Gasteiger partial charge >= 0.3 is 0 Å². The Bertz CT molecular complexity index is 918. The molecule has 0 aliphatic carbocycles. The van der Waals surface area contributed by atoms with E-state index in [1.165, 1.54) is 11.8 Å². The van der Waals surface area contributed by atoms with Gasteiger partial charge in [-0.3, -0.25) is 9.36 Å². The van der Waals surface area contributed by atoms with Crippen molar-refractivity contribution in [2.24, 2.45) is 5.92 Å². The van der Waals surface area contributed by atoms with Crippen molar-refractivity contribution < 1.29 is 9.21 Å². The summed E-state index contributed by atoms with van der Waals surface area (Å²) in [6.45, 7) is 8.73. The number of hydrogen-bond acceptors (Lipinski definition) is 5. The van der Waals surface area contributed by atoms with E-state index in [0.717, 1.165) is 22.7 Å². The Morgan fingerprint density at radius 1 is 1.18 bits per heavy atom. The third-order valence-corrected chi connectivity index (χ3v) is 5.69. The second kappa shape index (κ2) is 9.10. The van der Waals surface area contributed by atoms with Gasteiger partial charge in [-0.15, -0.1) is 10.2 Å². The quantitative estimate of drug-likeness (QED) is 0.577. The molecule has 6 nitrogen and oxygen atoms in total. The van der Waals surface area contributed by atoms with E-state index in [9.17, 15) is 4.79 Å². The molecule has 1 aromatic carbocycles. The first kappa shape index (κ1) is 20.2. The summed E-state index contributed by atoms with van der Waals surface area (Å²) in [6.07, 6.45) is 1.65. The number of aryl methyl sites for hydroxylation is 1. The molecule has 0 radical (unpaired) electrons. The highest BCUT2D eigenvalue weighted by Crippen LogP contribution is 2.28. The zero-order valence-electron chi connectivity index (χ0n) is 16.7. The van der Waals surface area contributed by atoms with E-state index < -0.39 is 0 Å². The lowest BCUT2D eigenvalue weighted by Crippen LogP contribution is -2.37. The predicted molar refractivity (Wildman–Crippen MR) is 111 cm³/mol. The van der Waals surface area contributed by atoms with Crippen LogP contribution >= 0.6 is 11.8 Å². The fraction of sp³-hybridized carbons (Fsp3) is 0.381. The van der Waals surface area contributed by atoms with Crippen LogP contribution < -0.4 is 5.32 Å². The smallest absolute Gasteiger partial charge is 0.230 e. The maximum atomic E-state index is 12.3. The van der Waals surface area contributed by atoms with Gasteiger partial charge in [-0.05, 0) is 31.4 Å². The van der Waals surface area contributed by atoms with Gasteiger partial charge in [0.1, 0.15) is 5.76 Å². The van der Waals surface area contributed by atoms with Gasteiger partial charge in [0.05, 0.1) is 24.1 Å². The molecule has 0 spiro atoms. The minimum atomic E-state index is 0.00139. The number of rotatable bonds is 8. The van der Waals surface area contributed by atoms with E-state index in [4.69, 9.17) is 4.42 Å². The maximum Gasteiger partial charge on any atom is 0.230 e.